The predicted octanol–water partition coefficient (Wildman–Crippen LogP) is 4.19. The monoisotopic (exact) mass is 422 g/mol. The fourth-order valence-electron chi connectivity index (χ4n) is 2.53. The first kappa shape index (κ1) is 20.4. The number of thiocarbonyl (C=S) groups is 1. The molecule has 1 aromatic heterocycles. The second-order valence-corrected chi connectivity index (χ2v) is 9.15. The summed E-state index contributed by atoms with van der Waals surface area (Å²) in [6.07, 6.45) is 1.06. The highest BCUT2D eigenvalue weighted by Crippen LogP contribution is 2.63. The molecule has 1 saturated carbocycles. The van der Waals surface area contributed by atoms with Crippen LogP contribution < -0.4 is 10.6 Å². The molecule has 1 heterocycles. The van der Waals surface area contributed by atoms with Gasteiger partial charge in [-0.05, 0) is 51.4 Å². The van der Waals surface area contributed by atoms with Gasteiger partial charge < -0.3 is 15.4 Å². The van der Waals surface area contributed by atoms with Crippen molar-refractivity contribution in [2.24, 2.45) is 5.41 Å². The Hall–Kier alpha value is -0.890. The maximum atomic E-state index is 12.3. The Labute approximate surface area is 166 Å². The molecule has 5 nitrogen and oxygen atoms in total. The lowest BCUT2D eigenvalue weighted by molar-refractivity contribution is -0.124. The molecule has 0 aromatic carbocycles. The number of esters is 1. The fourth-order valence-corrected chi connectivity index (χ4v) is 4.64. The van der Waals surface area contributed by atoms with Gasteiger partial charge in [0.15, 0.2) is 5.11 Å². The van der Waals surface area contributed by atoms with E-state index in [1.807, 2.05) is 13.8 Å². The lowest BCUT2D eigenvalue weighted by Crippen LogP contribution is -2.40. The van der Waals surface area contributed by atoms with Gasteiger partial charge in [-0.2, -0.15) is 0 Å². The quantitative estimate of drug-likeness (QED) is 0.422. The lowest BCUT2D eigenvalue weighted by Gasteiger charge is -2.14. The number of rotatable bonds is 5. The topological polar surface area (TPSA) is 67.4 Å². The van der Waals surface area contributed by atoms with Crippen LogP contribution in [0.5, 0.6) is 0 Å². The summed E-state index contributed by atoms with van der Waals surface area (Å²) >= 11 is 18.6. The molecule has 1 fully saturated rings. The second-order valence-electron chi connectivity index (χ2n) is 6.04. The van der Waals surface area contributed by atoms with Crippen molar-refractivity contribution < 1.29 is 14.3 Å². The van der Waals surface area contributed by atoms with Gasteiger partial charge in [0.1, 0.15) is 9.33 Å². The Morgan fingerprint density at radius 3 is 2.44 bits per heavy atom. The smallest absolute Gasteiger partial charge is 0.341 e. The first-order valence-electron chi connectivity index (χ1n) is 7.87. The van der Waals surface area contributed by atoms with Crippen LogP contribution in [0.25, 0.3) is 0 Å². The number of amides is 1. The fraction of sp³-hybridized carbons (Fsp3) is 0.562. The number of thiophene rings is 1. The van der Waals surface area contributed by atoms with E-state index in [1.54, 1.807) is 13.8 Å². The summed E-state index contributed by atoms with van der Waals surface area (Å²) in [5, 5.41) is 6.18. The van der Waals surface area contributed by atoms with Crippen molar-refractivity contribution in [1.82, 2.24) is 5.32 Å². The summed E-state index contributed by atoms with van der Waals surface area (Å²) in [4.78, 5) is 25.6. The van der Waals surface area contributed by atoms with Gasteiger partial charge in [0.2, 0.25) is 5.91 Å². The highest BCUT2D eigenvalue weighted by atomic mass is 35.5. The van der Waals surface area contributed by atoms with Gasteiger partial charge in [-0.25, -0.2) is 4.79 Å². The van der Waals surface area contributed by atoms with Crippen LogP contribution in [0.3, 0.4) is 0 Å². The normalized spacial score (nSPS) is 20.7. The molecule has 138 valence electrons. The number of carbonyl (C=O) groups excluding carboxylic acids is 2. The Morgan fingerprint density at radius 2 is 1.96 bits per heavy atom. The van der Waals surface area contributed by atoms with Gasteiger partial charge in [-0.1, -0.05) is 6.92 Å². The van der Waals surface area contributed by atoms with Crippen LogP contribution in [-0.4, -0.2) is 27.9 Å². The number of ether oxygens (including phenoxy) is 1. The van der Waals surface area contributed by atoms with E-state index < -0.39 is 15.7 Å². The molecule has 1 aromatic rings. The third kappa shape index (κ3) is 3.94. The highest BCUT2D eigenvalue weighted by molar-refractivity contribution is 7.80. The Morgan fingerprint density at radius 1 is 1.36 bits per heavy atom. The zero-order valence-corrected chi connectivity index (χ0v) is 17.6. The second kappa shape index (κ2) is 7.39. The average molecular weight is 423 g/mol. The third-order valence-corrected chi connectivity index (χ3v) is 6.62. The zero-order valence-electron chi connectivity index (χ0n) is 14.4. The van der Waals surface area contributed by atoms with Crippen LogP contribution >= 0.6 is 46.8 Å². The number of anilines is 1. The van der Waals surface area contributed by atoms with Crippen LogP contribution in [0.2, 0.25) is 0 Å². The van der Waals surface area contributed by atoms with Crippen LogP contribution in [0.4, 0.5) is 5.00 Å². The minimum atomic E-state index is -1.07. The molecule has 1 amide bonds. The van der Waals surface area contributed by atoms with E-state index in [4.69, 9.17) is 40.2 Å². The van der Waals surface area contributed by atoms with Crippen molar-refractivity contribution in [2.75, 3.05) is 11.9 Å². The first-order chi connectivity index (χ1) is 11.6. The minimum absolute atomic E-state index is 0.0942. The zero-order chi connectivity index (χ0) is 19.0. The molecule has 2 rings (SSSR count). The van der Waals surface area contributed by atoms with Gasteiger partial charge >= 0.3 is 5.97 Å². The maximum Gasteiger partial charge on any atom is 0.341 e. The highest BCUT2D eigenvalue weighted by Gasteiger charge is 2.68. The van der Waals surface area contributed by atoms with Crippen molar-refractivity contribution in [3.63, 3.8) is 0 Å². The van der Waals surface area contributed by atoms with E-state index in [-0.39, 0.29) is 17.6 Å². The Kier molecular flexibility index (Phi) is 6.03. The summed E-state index contributed by atoms with van der Waals surface area (Å²) in [5.74, 6) is -0.758. The maximum absolute atomic E-state index is 12.3. The van der Waals surface area contributed by atoms with Crippen LogP contribution in [0.1, 0.15) is 48.0 Å². The van der Waals surface area contributed by atoms with E-state index in [2.05, 4.69) is 10.6 Å². The molecule has 2 N–H and O–H groups in total. The number of halogens is 2. The average Bonchev–Trinajstić information content (AvgIpc) is 2.87. The van der Waals surface area contributed by atoms with E-state index >= 15 is 0 Å². The van der Waals surface area contributed by atoms with E-state index in [0.717, 1.165) is 10.4 Å². The molecule has 0 spiro atoms. The third-order valence-electron chi connectivity index (χ3n) is 4.26. The van der Waals surface area contributed by atoms with E-state index in [9.17, 15) is 9.59 Å². The van der Waals surface area contributed by atoms with Gasteiger partial charge in [0.05, 0.1) is 17.6 Å². The molecule has 0 unspecified atom stereocenters. The number of carbonyl (C=O) groups is 2. The van der Waals surface area contributed by atoms with Crippen LogP contribution in [0, 0.1) is 12.3 Å². The summed E-state index contributed by atoms with van der Waals surface area (Å²) in [6.45, 7) is 7.61. The van der Waals surface area contributed by atoms with Gasteiger partial charge in [-0.15, -0.1) is 34.5 Å². The molecule has 0 saturated heterocycles. The molecule has 25 heavy (non-hydrogen) atoms. The van der Waals surface area contributed by atoms with Crippen molar-refractivity contribution in [3.8, 4) is 0 Å². The summed E-state index contributed by atoms with van der Waals surface area (Å²) < 4.78 is 4.07. The van der Waals surface area contributed by atoms with Crippen molar-refractivity contribution >= 4 is 68.7 Å². The molecule has 0 bridgehead atoms. The molecule has 1 atom stereocenters. The summed E-state index contributed by atoms with van der Waals surface area (Å²) in [6, 6.07) is 0. The SMILES string of the molecule is CCOC(=O)c1c(NC(=S)NC(=O)[C@]2(C)CC2(Cl)Cl)sc(C)c1CC. The van der Waals surface area contributed by atoms with Gasteiger partial charge in [-0.3, -0.25) is 4.79 Å². The van der Waals surface area contributed by atoms with E-state index in [1.165, 1.54) is 11.3 Å². The van der Waals surface area contributed by atoms with Crippen LogP contribution in [-0.2, 0) is 16.0 Å². The van der Waals surface area contributed by atoms with Crippen LogP contribution in [0.15, 0.2) is 0 Å². The van der Waals surface area contributed by atoms with Gasteiger partial charge in [0, 0.05) is 4.88 Å². The summed E-state index contributed by atoms with van der Waals surface area (Å²) in [7, 11) is 0. The van der Waals surface area contributed by atoms with E-state index in [0.29, 0.717) is 23.4 Å². The molecule has 9 heteroatoms. The standard InChI is InChI=1S/C16H20Cl2N2O3S2/c1-5-9-8(3)25-11(10(9)12(21)23-6-2)19-14(24)20-13(22)15(4)7-16(15,17)18/h5-7H2,1-4H3,(H2,19,20,22,24)/t15-/m0/s1. The number of nitrogens with one attached hydrogen (secondary N) is 2. The minimum Gasteiger partial charge on any atom is -0.462 e. The lowest BCUT2D eigenvalue weighted by atomic mass is 10.1. The largest absolute Gasteiger partial charge is 0.462 e. The van der Waals surface area contributed by atoms with Crippen molar-refractivity contribution in [1.29, 1.82) is 0 Å². The van der Waals surface area contributed by atoms with Gasteiger partial charge in [0.25, 0.3) is 0 Å². The molecular weight excluding hydrogens is 403 g/mol. The molecule has 0 radical (unpaired) electrons. The summed E-state index contributed by atoms with van der Waals surface area (Å²) in [5.41, 5.74) is 0.506. The number of hydrogen-bond acceptors (Lipinski definition) is 5. The Bertz CT molecular complexity index is 733. The first-order valence-corrected chi connectivity index (χ1v) is 9.85. The van der Waals surface area contributed by atoms with Crippen molar-refractivity contribution in [3.05, 3.63) is 16.0 Å². The Balaban J connectivity index is 2.16. The molecule has 0 aliphatic heterocycles. The van der Waals surface area contributed by atoms with Crippen molar-refractivity contribution in [2.45, 2.75) is 44.9 Å². The molecular formula is C16H20Cl2N2O3S2. The predicted molar refractivity (Wildman–Crippen MR) is 106 cm³/mol. The number of alkyl halides is 2. The molecule has 1 aliphatic carbocycles. The number of aryl methyl sites for hydroxylation is 1. The number of hydrogen-bond donors (Lipinski definition) is 2. The molecule has 1 aliphatic rings.